The summed E-state index contributed by atoms with van der Waals surface area (Å²) in [6.45, 7) is 14.5. The Morgan fingerprint density at radius 3 is 2.59 bits per heavy atom. The van der Waals surface area contributed by atoms with Crippen molar-refractivity contribution in [2.24, 2.45) is 16.8 Å². The van der Waals surface area contributed by atoms with Gasteiger partial charge in [0, 0.05) is 30.1 Å². The largest absolute Gasteiger partial charge is 0.491 e. The number of aryl methyl sites for hydroxylation is 1. The molecule has 1 unspecified atom stereocenters. The summed E-state index contributed by atoms with van der Waals surface area (Å²) in [7, 11) is 0. The predicted octanol–water partition coefficient (Wildman–Crippen LogP) is 5.44. The van der Waals surface area contributed by atoms with E-state index < -0.39 is 6.43 Å². The van der Waals surface area contributed by atoms with Crippen molar-refractivity contribution in [3.63, 3.8) is 0 Å². The summed E-state index contributed by atoms with van der Waals surface area (Å²) < 4.78 is 31.9. The van der Waals surface area contributed by atoms with Crippen LogP contribution in [0.3, 0.4) is 0 Å². The summed E-state index contributed by atoms with van der Waals surface area (Å²) in [5, 5.41) is 12.3. The third-order valence-electron chi connectivity index (χ3n) is 7.14. The quantitative estimate of drug-likeness (QED) is 0.517. The average molecular weight is 531 g/mol. The number of rotatable bonds is 6. The molecule has 2 aliphatic heterocycles. The molecule has 37 heavy (non-hydrogen) atoms. The summed E-state index contributed by atoms with van der Waals surface area (Å²) >= 11 is 1.36. The van der Waals surface area contributed by atoms with Crippen LogP contribution in [-0.2, 0) is 6.54 Å². The molecule has 10 heteroatoms. The summed E-state index contributed by atoms with van der Waals surface area (Å²) in [4.78, 5) is 7.43. The van der Waals surface area contributed by atoms with Gasteiger partial charge in [0.15, 0.2) is 0 Å². The van der Waals surface area contributed by atoms with Gasteiger partial charge in [0.25, 0.3) is 6.43 Å². The Labute approximate surface area is 221 Å². The molecule has 0 spiro atoms. The first kappa shape index (κ1) is 27.2. The van der Waals surface area contributed by atoms with Crippen LogP contribution in [0, 0.1) is 18.8 Å². The zero-order chi connectivity index (χ0) is 26.9. The van der Waals surface area contributed by atoms with E-state index in [1.165, 1.54) is 22.5 Å². The highest BCUT2D eigenvalue weighted by Crippen LogP contribution is 2.37. The Bertz CT molecular complexity index is 1250. The molecule has 4 rings (SSSR count). The number of hydrogen-bond donors (Lipinski definition) is 2. The van der Waals surface area contributed by atoms with E-state index >= 15 is 0 Å². The van der Waals surface area contributed by atoms with Gasteiger partial charge in [0.1, 0.15) is 23.2 Å². The van der Waals surface area contributed by atoms with Crippen molar-refractivity contribution in [2.75, 3.05) is 32.0 Å². The van der Waals surface area contributed by atoms with Crippen LogP contribution in [0.2, 0.25) is 0 Å². The summed E-state index contributed by atoms with van der Waals surface area (Å²) in [5.41, 5.74) is 13.2. The number of nitrogens with two attached hydrogens (primary N) is 1. The maximum atomic E-state index is 12.9. The highest BCUT2D eigenvalue weighted by molar-refractivity contribution is 7.18. The number of anilines is 1. The van der Waals surface area contributed by atoms with E-state index in [2.05, 4.69) is 67.2 Å². The number of halogens is 2. The number of nitrogens with one attached hydrogen (secondary N) is 1. The Morgan fingerprint density at radius 2 is 1.95 bits per heavy atom. The molecular weight excluding hydrogens is 494 g/mol. The third-order valence-corrected chi connectivity index (χ3v) is 7.94. The molecule has 0 amide bonds. The Balaban J connectivity index is 1.77. The monoisotopic (exact) mass is 530 g/mol. The molecule has 0 saturated carbocycles. The van der Waals surface area contributed by atoms with Crippen molar-refractivity contribution in [3.8, 4) is 16.3 Å². The topological polar surface area (TPSA) is 88.7 Å². The van der Waals surface area contributed by atoms with Gasteiger partial charge in [0.05, 0.1) is 18.8 Å². The number of ether oxygens (including phenoxy) is 1. The van der Waals surface area contributed by atoms with E-state index in [1.807, 2.05) is 6.92 Å². The molecule has 7 nitrogen and oxygen atoms in total. The third kappa shape index (κ3) is 5.85. The van der Waals surface area contributed by atoms with E-state index in [-0.39, 0.29) is 18.4 Å². The van der Waals surface area contributed by atoms with Crippen molar-refractivity contribution in [3.05, 3.63) is 45.7 Å². The fourth-order valence-electron chi connectivity index (χ4n) is 5.06. The van der Waals surface area contributed by atoms with Gasteiger partial charge in [-0.2, -0.15) is 0 Å². The first-order valence-corrected chi connectivity index (χ1v) is 13.5. The summed E-state index contributed by atoms with van der Waals surface area (Å²) in [5.74, 6) is 2.17. The molecule has 2 aliphatic rings. The van der Waals surface area contributed by atoms with Crippen molar-refractivity contribution in [1.82, 2.24) is 20.4 Å². The molecule has 0 bridgehead atoms. The highest BCUT2D eigenvalue weighted by Gasteiger charge is 2.30. The fraction of sp³-hybridized carbons (Fsp3) is 0.519. The van der Waals surface area contributed by atoms with Gasteiger partial charge in [-0.05, 0) is 55.5 Å². The fourth-order valence-corrected chi connectivity index (χ4v) is 5.66. The molecule has 1 aromatic heterocycles. The van der Waals surface area contributed by atoms with Crippen LogP contribution < -0.4 is 15.8 Å². The van der Waals surface area contributed by atoms with E-state index in [9.17, 15) is 8.78 Å². The van der Waals surface area contributed by atoms with Gasteiger partial charge in [-0.25, -0.2) is 13.8 Å². The number of benzene rings is 1. The molecule has 0 radical (unpaired) electrons. The molecule has 2 aromatic rings. The number of aliphatic imine (C=N–C) groups is 1. The molecule has 0 fully saturated rings. The van der Waals surface area contributed by atoms with Crippen LogP contribution in [0.15, 0.2) is 39.5 Å². The van der Waals surface area contributed by atoms with Crippen molar-refractivity contribution in [1.29, 1.82) is 0 Å². The number of allylic oxidation sites excluding steroid dienone is 2. The second-order valence-electron chi connectivity index (χ2n) is 10.1. The van der Waals surface area contributed by atoms with Gasteiger partial charge >= 0.3 is 0 Å². The minimum absolute atomic E-state index is 0.161. The lowest BCUT2D eigenvalue weighted by Gasteiger charge is -2.29. The lowest BCUT2D eigenvalue weighted by Crippen LogP contribution is -2.36. The number of hydrogen-bond acceptors (Lipinski definition) is 8. The number of alkyl halides is 2. The summed E-state index contributed by atoms with van der Waals surface area (Å²) in [6, 6.07) is 4.15. The number of aromatic nitrogens is 2. The number of fused-ring (bicyclic) bond motifs is 1. The van der Waals surface area contributed by atoms with Gasteiger partial charge < -0.3 is 20.7 Å². The standard InChI is InChI=1S/C27H36F2N6OS/c1-14(2)23-18(6)16(4)17(5)21(11-31-12-22(28)29)32-25(23)35-7-8-36-24-15(3)9-19(10-20(24)13-35)26-33-34-27(30)37-26/h9-10,14,16,22,31H,7-8,11-13H2,1-6H3,(H2,30,34). The van der Waals surface area contributed by atoms with E-state index in [0.717, 1.165) is 44.6 Å². The van der Waals surface area contributed by atoms with Crippen LogP contribution in [-0.4, -0.2) is 53.6 Å². The Hall–Kier alpha value is -2.85. The lowest BCUT2D eigenvalue weighted by atomic mass is 9.86. The van der Waals surface area contributed by atoms with Crippen LogP contribution in [0.5, 0.6) is 5.75 Å². The molecule has 1 aromatic carbocycles. The molecule has 0 aliphatic carbocycles. The zero-order valence-corrected chi connectivity index (χ0v) is 23.2. The highest BCUT2D eigenvalue weighted by atomic mass is 32.1. The van der Waals surface area contributed by atoms with Gasteiger partial charge in [0.2, 0.25) is 5.13 Å². The molecule has 3 N–H and O–H groups in total. The van der Waals surface area contributed by atoms with Crippen molar-refractivity contribution >= 4 is 22.3 Å². The van der Waals surface area contributed by atoms with E-state index in [1.54, 1.807) is 0 Å². The van der Waals surface area contributed by atoms with Crippen molar-refractivity contribution in [2.45, 2.75) is 54.5 Å². The first-order chi connectivity index (χ1) is 17.6. The van der Waals surface area contributed by atoms with Gasteiger partial charge in [-0.1, -0.05) is 37.7 Å². The van der Waals surface area contributed by atoms with Crippen LogP contribution >= 0.6 is 11.3 Å². The molecule has 3 heterocycles. The Kier molecular flexibility index (Phi) is 8.28. The van der Waals surface area contributed by atoms with Crippen molar-refractivity contribution < 1.29 is 13.5 Å². The van der Waals surface area contributed by atoms with Gasteiger partial charge in [-0.15, -0.1) is 10.2 Å². The normalized spacial score (nSPS) is 18.7. The molecule has 0 saturated heterocycles. The second kappa shape index (κ2) is 11.3. The summed E-state index contributed by atoms with van der Waals surface area (Å²) in [6.07, 6.45) is -2.40. The van der Waals surface area contributed by atoms with Gasteiger partial charge in [-0.3, -0.25) is 0 Å². The van der Waals surface area contributed by atoms with Crippen LogP contribution in [0.1, 0.15) is 45.7 Å². The smallest absolute Gasteiger partial charge is 0.250 e. The average Bonchev–Trinajstić information content (AvgIpc) is 3.11. The van der Waals surface area contributed by atoms with Crippen LogP contribution in [0.25, 0.3) is 10.6 Å². The number of amidine groups is 1. The van der Waals surface area contributed by atoms with Crippen LogP contribution in [0.4, 0.5) is 13.9 Å². The molecule has 1 atom stereocenters. The first-order valence-electron chi connectivity index (χ1n) is 12.7. The van der Waals surface area contributed by atoms with E-state index in [0.29, 0.717) is 31.4 Å². The number of nitrogen functional groups attached to an aromatic ring is 1. The van der Waals surface area contributed by atoms with E-state index in [4.69, 9.17) is 15.5 Å². The number of nitrogens with zero attached hydrogens (tertiary/aromatic N) is 4. The molecular formula is C27H36F2N6OS. The predicted molar refractivity (Wildman–Crippen MR) is 146 cm³/mol. The maximum absolute atomic E-state index is 12.9. The SMILES string of the molecule is CC1=C(CNCC(F)F)N=C(N2CCOc3c(C)cc(-c4nnc(N)s4)cc3C2)C(C(C)C)=C(C)C1C. The minimum Gasteiger partial charge on any atom is -0.491 e. The minimum atomic E-state index is -2.40. The maximum Gasteiger partial charge on any atom is 0.250 e. The second-order valence-corrected chi connectivity index (χ2v) is 11.1. The lowest BCUT2D eigenvalue weighted by molar-refractivity contribution is 0.147. The Morgan fingerprint density at radius 1 is 1.19 bits per heavy atom. The zero-order valence-electron chi connectivity index (χ0n) is 22.4. The molecule has 200 valence electrons.